The number of amidine groups is 1. The molecule has 1 aliphatic heterocycles. The van der Waals surface area contributed by atoms with E-state index in [0.717, 1.165) is 24.9 Å². The lowest BCUT2D eigenvalue weighted by Gasteiger charge is -2.33. The third-order valence-corrected chi connectivity index (χ3v) is 6.85. The lowest BCUT2D eigenvalue weighted by Crippen LogP contribution is -2.37. The van der Waals surface area contributed by atoms with Crippen molar-refractivity contribution in [2.45, 2.75) is 58.3 Å². The van der Waals surface area contributed by atoms with Crippen molar-refractivity contribution >= 4 is 16.9 Å². The van der Waals surface area contributed by atoms with Crippen molar-refractivity contribution < 1.29 is 0 Å². The SMILES string of the molecule is CC1CCCCC1CNC1=NCC2(CCCC2)CS1. The number of thioether (sulfide) groups is 1. The highest BCUT2D eigenvalue weighted by molar-refractivity contribution is 8.13. The van der Waals surface area contributed by atoms with Gasteiger partial charge in [-0.25, -0.2) is 0 Å². The summed E-state index contributed by atoms with van der Waals surface area (Å²) in [5, 5.41) is 4.87. The molecule has 0 radical (unpaired) electrons. The molecule has 2 aliphatic carbocycles. The smallest absolute Gasteiger partial charge is 0.156 e. The number of hydrogen-bond donors (Lipinski definition) is 1. The minimum atomic E-state index is 0.577. The van der Waals surface area contributed by atoms with E-state index in [9.17, 15) is 0 Å². The van der Waals surface area contributed by atoms with Gasteiger partial charge in [0.25, 0.3) is 0 Å². The average Bonchev–Trinajstić information content (AvgIpc) is 2.88. The molecule has 108 valence electrons. The second-order valence-electron chi connectivity index (χ2n) is 7.02. The highest BCUT2D eigenvalue weighted by Crippen LogP contribution is 2.43. The van der Waals surface area contributed by atoms with Crippen LogP contribution in [0.25, 0.3) is 0 Å². The number of aliphatic imine (C=N–C) groups is 1. The fourth-order valence-corrected chi connectivity index (χ4v) is 5.17. The Balaban J connectivity index is 1.47. The molecule has 0 bridgehead atoms. The Morgan fingerprint density at radius 3 is 2.68 bits per heavy atom. The van der Waals surface area contributed by atoms with Gasteiger partial charge in [0.05, 0.1) is 0 Å². The summed E-state index contributed by atoms with van der Waals surface area (Å²) >= 11 is 1.99. The standard InChI is InChI=1S/C16H28N2S/c1-13-6-2-3-7-14(13)10-17-15-18-11-16(12-19-15)8-4-5-9-16/h13-14H,2-12H2,1H3,(H,17,18). The van der Waals surface area contributed by atoms with Gasteiger partial charge in [0, 0.05) is 18.8 Å². The summed E-state index contributed by atoms with van der Waals surface area (Å²) in [7, 11) is 0. The molecule has 3 aliphatic rings. The van der Waals surface area contributed by atoms with Crippen LogP contribution in [0.15, 0.2) is 4.99 Å². The van der Waals surface area contributed by atoms with Gasteiger partial charge in [0.1, 0.15) is 0 Å². The van der Waals surface area contributed by atoms with Gasteiger partial charge < -0.3 is 5.32 Å². The van der Waals surface area contributed by atoms with Crippen molar-refractivity contribution in [3.8, 4) is 0 Å². The molecule has 0 aromatic heterocycles. The Kier molecular flexibility index (Phi) is 4.40. The predicted octanol–water partition coefficient (Wildman–Crippen LogP) is 4.07. The van der Waals surface area contributed by atoms with Gasteiger partial charge in [-0.2, -0.15) is 0 Å². The van der Waals surface area contributed by atoms with Gasteiger partial charge >= 0.3 is 0 Å². The van der Waals surface area contributed by atoms with E-state index >= 15 is 0 Å². The maximum Gasteiger partial charge on any atom is 0.156 e. The minimum absolute atomic E-state index is 0.577. The first kappa shape index (κ1) is 13.8. The maximum atomic E-state index is 4.84. The summed E-state index contributed by atoms with van der Waals surface area (Å²) in [6, 6.07) is 0. The van der Waals surface area contributed by atoms with E-state index < -0.39 is 0 Å². The molecule has 1 spiro atoms. The molecule has 0 amide bonds. The zero-order valence-corrected chi connectivity index (χ0v) is 13.1. The summed E-state index contributed by atoms with van der Waals surface area (Å²) < 4.78 is 0. The second-order valence-corrected chi connectivity index (χ2v) is 7.98. The minimum Gasteiger partial charge on any atom is -0.365 e. The summed E-state index contributed by atoms with van der Waals surface area (Å²) in [5.74, 6) is 3.08. The van der Waals surface area contributed by atoms with Gasteiger partial charge in [-0.15, -0.1) is 0 Å². The van der Waals surface area contributed by atoms with E-state index in [4.69, 9.17) is 4.99 Å². The quantitative estimate of drug-likeness (QED) is 0.824. The van der Waals surface area contributed by atoms with Crippen LogP contribution in [0.1, 0.15) is 58.3 Å². The van der Waals surface area contributed by atoms with Crippen LogP contribution in [0.5, 0.6) is 0 Å². The summed E-state index contributed by atoms with van der Waals surface area (Å²) in [6.07, 6.45) is 11.4. The van der Waals surface area contributed by atoms with Crippen LogP contribution in [0.2, 0.25) is 0 Å². The van der Waals surface area contributed by atoms with E-state index in [1.54, 1.807) is 0 Å². The van der Waals surface area contributed by atoms with Crippen molar-refractivity contribution in [3.63, 3.8) is 0 Å². The molecule has 3 rings (SSSR count). The van der Waals surface area contributed by atoms with E-state index in [2.05, 4.69) is 12.2 Å². The third kappa shape index (κ3) is 3.29. The lowest BCUT2D eigenvalue weighted by molar-refractivity contribution is 0.257. The van der Waals surface area contributed by atoms with E-state index in [0.29, 0.717) is 5.41 Å². The fraction of sp³-hybridized carbons (Fsp3) is 0.938. The molecule has 1 heterocycles. The van der Waals surface area contributed by atoms with Gasteiger partial charge in [0.15, 0.2) is 5.17 Å². The number of rotatable bonds is 2. The molecule has 3 heteroatoms. The number of nitrogens with zero attached hydrogens (tertiary/aromatic N) is 1. The molecule has 2 atom stereocenters. The van der Waals surface area contributed by atoms with Gasteiger partial charge in [-0.05, 0) is 36.5 Å². The fourth-order valence-electron chi connectivity index (χ4n) is 4.00. The Labute approximate surface area is 122 Å². The Hall–Kier alpha value is -0.180. The molecule has 2 fully saturated rings. The normalized spacial score (nSPS) is 34.3. The monoisotopic (exact) mass is 280 g/mol. The number of hydrogen-bond acceptors (Lipinski definition) is 3. The van der Waals surface area contributed by atoms with Gasteiger partial charge in [0.2, 0.25) is 0 Å². The highest BCUT2D eigenvalue weighted by atomic mass is 32.2. The van der Waals surface area contributed by atoms with Crippen LogP contribution in [0, 0.1) is 17.3 Å². The largest absolute Gasteiger partial charge is 0.365 e. The van der Waals surface area contributed by atoms with E-state index in [1.165, 1.54) is 62.3 Å². The van der Waals surface area contributed by atoms with Crippen molar-refractivity contribution in [2.75, 3.05) is 18.8 Å². The first-order chi connectivity index (χ1) is 9.27. The molecule has 0 saturated heterocycles. The first-order valence-corrected chi connectivity index (χ1v) is 9.17. The third-order valence-electron chi connectivity index (χ3n) is 5.54. The molecule has 19 heavy (non-hydrogen) atoms. The van der Waals surface area contributed by atoms with E-state index in [1.807, 2.05) is 11.8 Å². The van der Waals surface area contributed by atoms with Crippen LogP contribution < -0.4 is 5.32 Å². The predicted molar refractivity (Wildman–Crippen MR) is 84.8 cm³/mol. The lowest BCUT2D eigenvalue weighted by atomic mass is 9.80. The average molecular weight is 280 g/mol. The highest BCUT2D eigenvalue weighted by Gasteiger charge is 2.36. The topological polar surface area (TPSA) is 24.4 Å². The van der Waals surface area contributed by atoms with Crippen LogP contribution >= 0.6 is 11.8 Å². The van der Waals surface area contributed by atoms with Crippen LogP contribution in [-0.2, 0) is 0 Å². The molecule has 2 nitrogen and oxygen atoms in total. The molecular formula is C16H28N2S. The summed E-state index contributed by atoms with van der Waals surface area (Å²) in [4.78, 5) is 4.84. The van der Waals surface area contributed by atoms with Gasteiger partial charge in [-0.3, -0.25) is 4.99 Å². The molecule has 2 unspecified atom stereocenters. The van der Waals surface area contributed by atoms with Gasteiger partial charge in [-0.1, -0.05) is 50.8 Å². The first-order valence-electron chi connectivity index (χ1n) is 8.19. The zero-order chi connectivity index (χ0) is 13.1. The number of nitrogens with one attached hydrogen (secondary N) is 1. The Bertz CT molecular complexity index is 334. The molecule has 0 aromatic rings. The summed E-state index contributed by atoms with van der Waals surface area (Å²) in [5.41, 5.74) is 0.577. The maximum absolute atomic E-state index is 4.84. The van der Waals surface area contributed by atoms with Crippen LogP contribution in [0.4, 0.5) is 0 Å². The van der Waals surface area contributed by atoms with Crippen molar-refractivity contribution in [1.29, 1.82) is 0 Å². The molecule has 2 saturated carbocycles. The Morgan fingerprint density at radius 2 is 2.00 bits per heavy atom. The Morgan fingerprint density at radius 1 is 1.21 bits per heavy atom. The zero-order valence-electron chi connectivity index (χ0n) is 12.3. The molecule has 1 N–H and O–H groups in total. The van der Waals surface area contributed by atoms with Crippen molar-refractivity contribution in [2.24, 2.45) is 22.2 Å². The van der Waals surface area contributed by atoms with Crippen LogP contribution in [0.3, 0.4) is 0 Å². The van der Waals surface area contributed by atoms with Crippen LogP contribution in [-0.4, -0.2) is 24.0 Å². The van der Waals surface area contributed by atoms with Crippen molar-refractivity contribution in [3.05, 3.63) is 0 Å². The second kappa shape index (κ2) is 6.07. The van der Waals surface area contributed by atoms with Crippen molar-refractivity contribution in [1.82, 2.24) is 5.32 Å². The summed E-state index contributed by atoms with van der Waals surface area (Å²) in [6.45, 7) is 4.66. The molecular weight excluding hydrogens is 252 g/mol. The molecule has 0 aromatic carbocycles. The van der Waals surface area contributed by atoms with E-state index in [-0.39, 0.29) is 0 Å².